The maximum atomic E-state index is 11.9. The van der Waals surface area contributed by atoms with Gasteiger partial charge in [0.1, 0.15) is 0 Å². The number of ether oxygens (including phenoxy) is 2. The summed E-state index contributed by atoms with van der Waals surface area (Å²) in [6.07, 6.45) is 2.13. The van der Waals surface area contributed by atoms with Gasteiger partial charge in [0, 0.05) is 19.6 Å². The van der Waals surface area contributed by atoms with Crippen molar-refractivity contribution < 1.29 is 14.3 Å². The highest BCUT2D eigenvalue weighted by atomic mass is 16.5. The van der Waals surface area contributed by atoms with Gasteiger partial charge in [-0.05, 0) is 12.8 Å². The molecular weight excluding hydrogens is 182 g/mol. The Hall–Kier alpha value is -0.610. The lowest BCUT2D eigenvalue weighted by Crippen LogP contribution is -2.51. The van der Waals surface area contributed by atoms with E-state index in [1.165, 1.54) is 0 Å². The highest BCUT2D eigenvalue weighted by molar-refractivity contribution is 5.81. The maximum absolute atomic E-state index is 11.9. The molecule has 14 heavy (non-hydrogen) atoms. The van der Waals surface area contributed by atoms with E-state index >= 15 is 0 Å². The summed E-state index contributed by atoms with van der Waals surface area (Å²) in [4.78, 5) is 13.8. The molecule has 4 heteroatoms. The van der Waals surface area contributed by atoms with Crippen LogP contribution in [0.25, 0.3) is 0 Å². The normalized spacial score (nSPS) is 27.8. The van der Waals surface area contributed by atoms with Crippen LogP contribution in [0.1, 0.15) is 12.8 Å². The summed E-state index contributed by atoms with van der Waals surface area (Å²) in [5, 5.41) is 0. The minimum atomic E-state index is 0.127. The molecule has 1 unspecified atom stereocenters. The minimum absolute atomic E-state index is 0.127. The summed E-state index contributed by atoms with van der Waals surface area (Å²) in [5.74, 6) is 0.600. The molecule has 1 heterocycles. The van der Waals surface area contributed by atoms with Crippen LogP contribution in [-0.4, -0.2) is 50.3 Å². The van der Waals surface area contributed by atoms with Crippen LogP contribution in [0, 0.1) is 5.92 Å². The summed E-state index contributed by atoms with van der Waals surface area (Å²) in [7, 11) is 1.66. The second kappa shape index (κ2) is 4.28. The van der Waals surface area contributed by atoms with Gasteiger partial charge in [0.15, 0.2) is 0 Å². The molecule has 0 aromatic carbocycles. The monoisotopic (exact) mass is 199 g/mol. The second-order valence-corrected chi connectivity index (χ2v) is 3.99. The Morgan fingerprint density at radius 3 is 3.00 bits per heavy atom. The molecule has 2 rings (SSSR count). The number of hydrogen-bond donors (Lipinski definition) is 0. The van der Waals surface area contributed by atoms with Gasteiger partial charge < -0.3 is 14.4 Å². The third-order valence-corrected chi connectivity index (χ3v) is 2.80. The Kier molecular flexibility index (Phi) is 3.03. The van der Waals surface area contributed by atoms with Crippen molar-refractivity contribution in [2.24, 2.45) is 5.92 Å². The minimum Gasteiger partial charge on any atom is -0.382 e. The summed E-state index contributed by atoms with van der Waals surface area (Å²) in [5.41, 5.74) is 0. The zero-order valence-corrected chi connectivity index (χ0v) is 8.57. The van der Waals surface area contributed by atoms with Crippen molar-refractivity contribution in [2.45, 2.75) is 18.9 Å². The van der Waals surface area contributed by atoms with E-state index in [2.05, 4.69) is 0 Å². The second-order valence-electron chi connectivity index (χ2n) is 3.99. The molecule has 1 saturated carbocycles. The number of carbonyl (C=O) groups excluding carboxylic acids is 1. The van der Waals surface area contributed by atoms with Crippen molar-refractivity contribution in [3.63, 3.8) is 0 Å². The molecule has 0 bridgehead atoms. The molecule has 2 aliphatic rings. The fourth-order valence-corrected chi connectivity index (χ4v) is 1.84. The maximum Gasteiger partial charge on any atom is 0.226 e. The van der Waals surface area contributed by atoms with Gasteiger partial charge >= 0.3 is 0 Å². The number of carbonyl (C=O) groups is 1. The van der Waals surface area contributed by atoms with Gasteiger partial charge in [-0.2, -0.15) is 0 Å². The van der Waals surface area contributed by atoms with Crippen molar-refractivity contribution in [1.82, 2.24) is 4.90 Å². The van der Waals surface area contributed by atoms with E-state index in [9.17, 15) is 4.79 Å². The van der Waals surface area contributed by atoms with Crippen LogP contribution in [0.3, 0.4) is 0 Å². The van der Waals surface area contributed by atoms with Crippen LogP contribution in [0.4, 0.5) is 0 Å². The van der Waals surface area contributed by atoms with Crippen LogP contribution in [0.5, 0.6) is 0 Å². The molecule has 80 valence electrons. The molecule has 1 amide bonds. The number of morpholine rings is 1. The largest absolute Gasteiger partial charge is 0.382 e. The van der Waals surface area contributed by atoms with Gasteiger partial charge in [-0.3, -0.25) is 4.79 Å². The number of methoxy groups -OCH3 is 1. The molecule has 2 fully saturated rings. The molecule has 4 nitrogen and oxygen atoms in total. The van der Waals surface area contributed by atoms with Crippen molar-refractivity contribution in [1.29, 1.82) is 0 Å². The number of nitrogens with zero attached hydrogens (tertiary/aromatic N) is 1. The van der Waals surface area contributed by atoms with Crippen LogP contribution in [0.2, 0.25) is 0 Å². The molecule has 0 aromatic heterocycles. The Balaban J connectivity index is 1.94. The van der Waals surface area contributed by atoms with Crippen LogP contribution in [-0.2, 0) is 14.3 Å². The lowest BCUT2D eigenvalue weighted by atomic mass is 10.2. The lowest BCUT2D eigenvalue weighted by Gasteiger charge is -2.35. The first-order valence-electron chi connectivity index (χ1n) is 5.20. The van der Waals surface area contributed by atoms with Gasteiger partial charge in [-0.25, -0.2) is 0 Å². The predicted octanol–water partition coefficient (Wildman–Crippen LogP) is 0.270. The third-order valence-electron chi connectivity index (χ3n) is 2.80. The smallest absolute Gasteiger partial charge is 0.226 e. The standard InChI is InChI=1S/C10H17NO3/c1-13-6-9-7-14-5-4-11(9)10(12)8-2-3-8/h8-9H,2-7H2,1H3. The van der Waals surface area contributed by atoms with Crippen LogP contribution < -0.4 is 0 Å². The fourth-order valence-electron chi connectivity index (χ4n) is 1.84. The average Bonchev–Trinajstić information content (AvgIpc) is 3.01. The topological polar surface area (TPSA) is 38.8 Å². The molecule has 0 spiro atoms. The van der Waals surface area contributed by atoms with Crippen molar-refractivity contribution in [3.05, 3.63) is 0 Å². The summed E-state index contributed by atoms with van der Waals surface area (Å²) in [6.45, 7) is 2.59. The van der Waals surface area contributed by atoms with Crippen LogP contribution >= 0.6 is 0 Å². The Morgan fingerprint density at radius 2 is 2.36 bits per heavy atom. The zero-order chi connectivity index (χ0) is 9.97. The Morgan fingerprint density at radius 1 is 1.57 bits per heavy atom. The Bertz CT molecular complexity index is 213. The van der Waals surface area contributed by atoms with Gasteiger partial charge in [0.25, 0.3) is 0 Å². The molecule has 1 atom stereocenters. The average molecular weight is 199 g/mol. The summed E-state index contributed by atoms with van der Waals surface area (Å²) < 4.78 is 10.4. The fraction of sp³-hybridized carbons (Fsp3) is 0.900. The molecule has 0 radical (unpaired) electrons. The van der Waals surface area contributed by atoms with Crippen molar-refractivity contribution in [3.8, 4) is 0 Å². The molecular formula is C10H17NO3. The summed E-state index contributed by atoms with van der Waals surface area (Å²) in [6, 6.07) is 0.127. The zero-order valence-electron chi connectivity index (χ0n) is 8.57. The number of hydrogen-bond acceptors (Lipinski definition) is 3. The lowest BCUT2D eigenvalue weighted by molar-refractivity contribution is -0.143. The highest BCUT2D eigenvalue weighted by Gasteiger charge is 2.37. The van der Waals surface area contributed by atoms with Gasteiger partial charge in [0.2, 0.25) is 5.91 Å². The quantitative estimate of drug-likeness (QED) is 0.655. The number of amides is 1. The van der Waals surface area contributed by atoms with E-state index in [-0.39, 0.29) is 6.04 Å². The van der Waals surface area contributed by atoms with Crippen LogP contribution in [0.15, 0.2) is 0 Å². The first-order valence-corrected chi connectivity index (χ1v) is 5.20. The number of rotatable bonds is 3. The van der Waals surface area contributed by atoms with E-state index in [4.69, 9.17) is 9.47 Å². The van der Waals surface area contributed by atoms with Crippen molar-refractivity contribution >= 4 is 5.91 Å². The molecule has 1 aliphatic carbocycles. The molecule has 1 aliphatic heterocycles. The first-order chi connectivity index (χ1) is 6.83. The van der Waals surface area contributed by atoms with E-state index in [0.29, 0.717) is 31.6 Å². The van der Waals surface area contributed by atoms with E-state index in [1.807, 2.05) is 4.90 Å². The third kappa shape index (κ3) is 2.07. The van der Waals surface area contributed by atoms with Gasteiger partial charge in [-0.1, -0.05) is 0 Å². The van der Waals surface area contributed by atoms with E-state index in [0.717, 1.165) is 19.4 Å². The predicted molar refractivity (Wildman–Crippen MR) is 50.9 cm³/mol. The van der Waals surface area contributed by atoms with Gasteiger partial charge in [-0.15, -0.1) is 0 Å². The Labute approximate surface area is 84.2 Å². The highest BCUT2D eigenvalue weighted by Crippen LogP contribution is 2.32. The van der Waals surface area contributed by atoms with Gasteiger partial charge in [0.05, 0.1) is 25.9 Å². The summed E-state index contributed by atoms with van der Waals surface area (Å²) >= 11 is 0. The SMILES string of the molecule is COCC1COCCN1C(=O)C1CC1. The first kappa shape index (κ1) is 9.93. The molecule has 1 saturated heterocycles. The van der Waals surface area contributed by atoms with E-state index < -0.39 is 0 Å². The van der Waals surface area contributed by atoms with Crippen molar-refractivity contribution in [2.75, 3.05) is 33.5 Å². The molecule has 0 aromatic rings. The van der Waals surface area contributed by atoms with E-state index in [1.54, 1.807) is 7.11 Å². The molecule has 0 N–H and O–H groups in total.